The van der Waals surface area contributed by atoms with Crippen molar-refractivity contribution in [1.82, 2.24) is 15.6 Å². The Balaban J connectivity index is 1.98. The number of nitrogens with one attached hydrogen (secondary N) is 3. The first kappa shape index (κ1) is 18.5. The molecule has 0 spiro atoms. The van der Waals surface area contributed by atoms with E-state index >= 15 is 0 Å². The fourth-order valence-corrected chi connectivity index (χ4v) is 2.51. The zero-order chi connectivity index (χ0) is 18.6. The van der Waals surface area contributed by atoms with E-state index in [9.17, 15) is 31.2 Å². The minimum absolute atomic E-state index is 0.135. The molecule has 8 nitrogen and oxygen atoms in total. The van der Waals surface area contributed by atoms with E-state index in [2.05, 4.69) is 5.32 Å². The van der Waals surface area contributed by atoms with Crippen molar-refractivity contribution in [2.75, 3.05) is 0 Å². The van der Waals surface area contributed by atoms with E-state index in [1.165, 1.54) is 22.6 Å². The normalized spacial score (nSPS) is 11.2. The molecule has 0 aliphatic carbocycles. The molecule has 0 aliphatic rings. The van der Waals surface area contributed by atoms with Crippen molar-refractivity contribution in [2.45, 2.75) is 11.4 Å². The fraction of sp³-hybridized carbons (Fsp3) is 0.0769. The molecule has 0 radical (unpaired) electrons. The highest BCUT2D eigenvalue weighted by Crippen LogP contribution is 2.19. The van der Waals surface area contributed by atoms with Gasteiger partial charge in [-0.3, -0.25) is 15.0 Å². The second-order valence-electron chi connectivity index (χ2n) is 4.50. The molecule has 2 aromatic rings. The van der Waals surface area contributed by atoms with Gasteiger partial charge in [0.15, 0.2) is 17.5 Å². The second kappa shape index (κ2) is 7.36. The van der Waals surface area contributed by atoms with Gasteiger partial charge in [-0.05, 0) is 24.3 Å². The zero-order valence-electron chi connectivity index (χ0n) is 12.2. The molecule has 3 N–H and O–H groups in total. The van der Waals surface area contributed by atoms with Gasteiger partial charge in [0.1, 0.15) is 10.7 Å². The summed E-state index contributed by atoms with van der Waals surface area (Å²) in [4.78, 5) is 23.1. The number of hydrogen-bond donors (Lipinski definition) is 3. The molecule has 0 aliphatic heterocycles. The number of halogens is 3. The minimum atomic E-state index is -4.78. The largest absolute Gasteiger partial charge is 0.467 e. The van der Waals surface area contributed by atoms with Gasteiger partial charge in [-0.25, -0.2) is 21.6 Å². The second-order valence-corrected chi connectivity index (χ2v) is 6.15. The van der Waals surface area contributed by atoms with Crippen molar-refractivity contribution < 1.29 is 35.6 Å². The predicted molar refractivity (Wildman–Crippen MR) is 75.3 cm³/mol. The fourth-order valence-electron chi connectivity index (χ4n) is 1.60. The van der Waals surface area contributed by atoms with Crippen LogP contribution in [0.4, 0.5) is 13.2 Å². The van der Waals surface area contributed by atoms with E-state index < -0.39 is 44.2 Å². The molecule has 2 amide bonds. The molecule has 25 heavy (non-hydrogen) atoms. The molecule has 1 aromatic heterocycles. The van der Waals surface area contributed by atoms with E-state index in [1.807, 2.05) is 0 Å². The molecule has 0 unspecified atom stereocenters. The van der Waals surface area contributed by atoms with Crippen molar-refractivity contribution in [3.05, 3.63) is 53.7 Å². The van der Waals surface area contributed by atoms with Crippen LogP contribution in [0.5, 0.6) is 0 Å². The maximum absolute atomic E-state index is 13.5. The molecule has 1 heterocycles. The Morgan fingerprint density at radius 2 is 1.76 bits per heavy atom. The summed E-state index contributed by atoms with van der Waals surface area (Å²) in [5.41, 5.74) is 1.51. The maximum atomic E-state index is 13.5. The van der Waals surface area contributed by atoms with Gasteiger partial charge in [0.05, 0.1) is 12.8 Å². The number of carbonyl (C=O) groups is 2. The highest BCUT2D eigenvalue weighted by Gasteiger charge is 2.25. The first-order valence-electron chi connectivity index (χ1n) is 6.48. The third-order valence-corrected chi connectivity index (χ3v) is 4.06. The van der Waals surface area contributed by atoms with Crippen LogP contribution in [0.3, 0.4) is 0 Å². The summed E-state index contributed by atoms with van der Waals surface area (Å²) in [5.74, 6) is -7.85. The number of amides is 2. The molecular weight excluding hydrogens is 367 g/mol. The monoisotopic (exact) mass is 377 g/mol. The minimum Gasteiger partial charge on any atom is -0.467 e. The van der Waals surface area contributed by atoms with Crippen LogP contribution in [0.15, 0.2) is 39.8 Å². The lowest BCUT2D eigenvalue weighted by molar-refractivity contribution is -0.139. The summed E-state index contributed by atoms with van der Waals surface area (Å²) >= 11 is 0. The maximum Gasteiger partial charge on any atom is 0.324 e. The number of rotatable bonds is 5. The lowest BCUT2D eigenvalue weighted by atomic mass is 10.3. The Labute approximate surface area is 139 Å². The van der Waals surface area contributed by atoms with E-state index in [1.54, 1.807) is 6.07 Å². The number of hydrazine groups is 1. The van der Waals surface area contributed by atoms with Gasteiger partial charge in [0, 0.05) is 0 Å². The van der Waals surface area contributed by atoms with Crippen molar-refractivity contribution in [3.8, 4) is 0 Å². The molecule has 0 atom stereocenters. The quantitative estimate of drug-likeness (QED) is 0.394. The molecule has 12 heteroatoms. The summed E-state index contributed by atoms with van der Waals surface area (Å²) in [6, 6.07) is 3.92. The van der Waals surface area contributed by atoms with E-state index in [-0.39, 0.29) is 6.54 Å². The average molecular weight is 377 g/mol. The van der Waals surface area contributed by atoms with Gasteiger partial charge < -0.3 is 9.73 Å². The lowest BCUT2D eigenvalue weighted by Gasteiger charge is -2.09. The summed E-state index contributed by atoms with van der Waals surface area (Å²) < 4.78 is 67.8. The van der Waals surface area contributed by atoms with Crippen LogP contribution in [0.2, 0.25) is 0 Å². The number of furan rings is 1. The van der Waals surface area contributed by atoms with Gasteiger partial charge in [0.25, 0.3) is 10.0 Å². The zero-order valence-corrected chi connectivity index (χ0v) is 13.0. The van der Waals surface area contributed by atoms with Crippen LogP contribution in [-0.2, 0) is 26.2 Å². The highest BCUT2D eigenvalue weighted by atomic mass is 32.2. The van der Waals surface area contributed by atoms with Gasteiger partial charge in [-0.1, -0.05) is 0 Å². The van der Waals surface area contributed by atoms with Crippen molar-refractivity contribution in [1.29, 1.82) is 0 Å². The Bertz CT molecular complexity index is 900. The first-order chi connectivity index (χ1) is 11.7. The van der Waals surface area contributed by atoms with Crippen LogP contribution >= 0.6 is 0 Å². The third-order valence-electron chi connectivity index (χ3n) is 2.80. The Morgan fingerprint density at radius 3 is 2.40 bits per heavy atom. The third kappa shape index (κ3) is 4.36. The average Bonchev–Trinajstić information content (AvgIpc) is 3.08. The number of hydrogen-bond acceptors (Lipinski definition) is 5. The Hall–Kier alpha value is -2.86. The molecule has 134 valence electrons. The predicted octanol–water partition coefficient (Wildman–Crippen LogP) is 0.323. The topological polar surface area (TPSA) is 118 Å². The molecule has 0 fully saturated rings. The summed E-state index contributed by atoms with van der Waals surface area (Å²) in [5, 5.41) is 2.13. The molecule has 0 bridgehead atoms. The number of benzene rings is 1. The van der Waals surface area contributed by atoms with Crippen LogP contribution in [0.1, 0.15) is 5.76 Å². The first-order valence-corrected chi connectivity index (χ1v) is 7.96. The van der Waals surface area contributed by atoms with Crippen LogP contribution < -0.4 is 15.6 Å². The number of sulfonamides is 1. The van der Waals surface area contributed by atoms with Crippen molar-refractivity contribution in [3.63, 3.8) is 0 Å². The highest BCUT2D eigenvalue weighted by molar-refractivity contribution is 7.89. The summed E-state index contributed by atoms with van der Waals surface area (Å²) in [6.07, 6.45) is 1.34. The van der Waals surface area contributed by atoms with E-state index in [0.29, 0.717) is 17.9 Å². The van der Waals surface area contributed by atoms with Crippen LogP contribution in [0, 0.1) is 17.5 Å². The van der Waals surface area contributed by atoms with Gasteiger partial charge in [-0.15, -0.1) is 4.83 Å². The molecule has 0 saturated heterocycles. The molecule has 1 aromatic carbocycles. The molecule has 0 saturated carbocycles. The van der Waals surface area contributed by atoms with Crippen LogP contribution in [-0.4, -0.2) is 20.2 Å². The number of carbonyl (C=O) groups excluding carboxylic acids is 2. The summed E-state index contributed by atoms with van der Waals surface area (Å²) in [7, 11) is -4.78. The smallest absolute Gasteiger partial charge is 0.324 e. The Morgan fingerprint density at radius 1 is 1.04 bits per heavy atom. The van der Waals surface area contributed by atoms with Crippen molar-refractivity contribution in [2.24, 2.45) is 0 Å². The van der Waals surface area contributed by atoms with Gasteiger partial charge >= 0.3 is 11.8 Å². The van der Waals surface area contributed by atoms with E-state index in [4.69, 9.17) is 4.42 Å². The molecule has 2 rings (SSSR count). The Kier molecular flexibility index (Phi) is 5.44. The van der Waals surface area contributed by atoms with Crippen molar-refractivity contribution >= 4 is 21.8 Å². The van der Waals surface area contributed by atoms with Gasteiger partial charge in [0.2, 0.25) is 0 Å². The SMILES string of the molecule is O=C(NCc1ccco1)C(=O)NNS(=O)(=O)c1ccc(F)c(F)c1F. The van der Waals surface area contributed by atoms with Crippen LogP contribution in [0.25, 0.3) is 0 Å². The summed E-state index contributed by atoms with van der Waals surface area (Å²) in [6.45, 7) is -0.135. The van der Waals surface area contributed by atoms with E-state index in [0.717, 1.165) is 0 Å². The lowest BCUT2D eigenvalue weighted by Crippen LogP contribution is -2.48. The molecular formula is C13H10F3N3O5S. The standard InChI is InChI=1S/C13H10F3N3O5S/c14-8-3-4-9(11(16)10(8)15)25(22,23)19-18-13(21)12(20)17-6-7-2-1-5-24-7/h1-5,19H,6H2,(H,17,20)(H,18,21). The van der Waals surface area contributed by atoms with Gasteiger partial charge in [-0.2, -0.15) is 0 Å².